The first-order valence-corrected chi connectivity index (χ1v) is 6.36. The third kappa shape index (κ3) is 3.56. The first-order chi connectivity index (χ1) is 8.76. The molecule has 0 spiro atoms. The van der Waals surface area contributed by atoms with Crippen molar-refractivity contribution in [2.45, 2.75) is 39.2 Å². The quantitative estimate of drug-likeness (QED) is 0.855. The molecule has 2 unspecified atom stereocenters. The highest BCUT2D eigenvalue weighted by Gasteiger charge is 2.32. The average molecular weight is 263 g/mol. The van der Waals surface area contributed by atoms with Crippen molar-refractivity contribution in [3.63, 3.8) is 0 Å². The van der Waals surface area contributed by atoms with E-state index >= 15 is 0 Å². The Kier molecular flexibility index (Phi) is 4.70. The number of carbonyl (C=O) groups excluding carboxylic acids is 1. The zero-order chi connectivity index (χ0) is 14.6. The maximum Gasteiger partial charge on any atom is 0.308 e. The van der Waals surface area contributed by atoms with Crippen molar-refractivity contribution in [1.82, 2.24) is 5.32 Å². The molecule has 1 aromatic rings. The van der Waals surface area contributed by atoms with Crippen LogP contribution in [0.25, 0.3) is 0 Å². The highest BCUT2D eigenvalue weighted by atomic mass is 16.4. The van der Waals surface area contributed by atoms with Crippen LogP contribution in [0.1, 0.15) is 33.3 Å². The van der Waals surface area contributed by atoms with Gasteiger partial charge >= 0.3 is 5.97 Å². The molecule has 0 saturated carbocycles. The van der Waals surface area contributed by atoms with Crippen LogP contribution in [0.15, 0.2) is 30.3 Å². The molecule has 104 valence electrons. The highest BCUT2D eigenvalue weighted by molar-refractivity contribution is 5.88. The van der Waals surface area contributed by atoms with Crippen molar-refractivity contribution in [1.29, 1.82) is 0 Å². The first-order valence-electron chi connectivity index (χ1n) is 6.36. The number of carboxylic acids is 1. The summed E-state index contributed by atoms with van der Waals surface area (Å²) in [5, 5.41) is 11.7. The molecule has 0 aliphatic carbocycles. The molecule has 0 heterocycles. The van der Waals surface area contributed by atoms with Crippen molar-refractivity contribution >= 4 is 11.9 Å². The molecule has 2 N–H and O–H groups in total. The molecule has 1 aromatic carbocycles. The highest BCUT2D eigenvalue weighted by Crippen LogP contribution is 2.23. The number of nitrogens with one attached hydrogen (secondary N) is 1. The van der Waals surface area contributed by atoms with Crippen LogP contribution in [-0.4, -0.2) is 23.0 Å². The lowest BCUT2D eigenvalue weighted by Crippen LogP contribution is -2.47. The van der Waals surface area contributed by atoms with Crippen LogP contribution in [0.5, 0.6) is 0 Å². The summed E-state index contributed by atoms with van der Waals surface area (Å²) in [5.74, 6) is -1.69. The van der Waals surface area contributed by atoms with Gasteiger partial charge in [-0.2, -0.15) is 0 Å². The van der Waals surface area contributed by atoms with Crippen LogP contribution in [0, 0.1) is 5.92 Å². The van der Waals surface area contributed by atoms with E-state index in [1.807, 2.05) is 44.2 Å². The zero-order valence-corrected chi connectivity index (χ0v) is 11.8. The maximum absolute atomic E-state index is 12.3. The summed E-state index contributed by atoms with van der Waals surface area (Å²) in [6.07, 6.45) is 0. The number of hydrogen-bond acceptors (Lipinski definition) is 2. The molecule has 2 atom stereocenters. The number of rotatable bonds is 5. The monoisotopic (exact) mass is 263 g/mol. The van der Waals surface area contributed by atoms with Gasteiger partial charge in [-0.05, 0) is 33.3 Å². The van der Waals surface area contributed by atoms with E-state index in [2.05, 4.69) is 5.32 Å². The Morgan fingerprint density at radius 2 is 1.68 bits per heavy atom. The Hall–Kier alpha value is -1.84. The molecule has 0 saturated heterocycles. The smallest absolute Gasteiger partial charge is 0.308 e. The fourth-order valence-corrected chi connectivity index (χ4v) is 1.71. The number of hydrogen-bond donors (Lipinski definition) is 2. The van der Waals surface area contributed by atoms with Gasteiger partial charge in [0.1, 0.15) is 0 Å². The summed E-state index contributed by atoms with van der Waals surface area (Å²) in [6.45, 7) is 6.95. The minimum atomic E-state index is -0.912. The number of amides is 1. The van der Waals surface area contributed by atoms with E-state index in [1.165, 1.54) is 0 Å². The Bertz CT molecular complexity index is 454. The molecule has 0 fully saturated rings. The van der Waals surface area contributed by atoms with Gasteiger partial charge in [-0.3, -0.25) is 9.59 Å². The lowest BCUT2D eigenvalue weighted by atomic mass is 9.83. The minimum Gasteiger partial charge on any atom is -0.481 e. The first kappa shape index (κ1) is 15.2. The van der Waals surface area contributed by atoms with Crippen molar-refractivity contribution in [3.05, 3.63) is 35.9 Å². The molecule has 0 radical (unpaired) electrons. The second-order valence-corrected chi connectivity index (χ2v) is 5.38. The zero-order valence-electron chi connectivity index (χ0n) is 11.8. The Balaban J connectivity index is 2.80. The van der Waals surface area contributed by atoms with Crippen molar-refractivity contribution in [3.8, 4) is 0 Å². The number of aliphatic carboxylic acids is 1. The summed E-state index contributed by atoms with van der Waals surface area (Å²) in [7, 11) is 0. The molecule has 19 heavy (non-hydrogen) atoms. The second-order valence-electron chi connectivity index (χ2n) is 5.38. The van der Waals surface area contributed by atoms with Gasteiger partial charge in [0.15, 0.2) is 0 Å². The Morgan fingerprint density at radius 1 is 1.16 bits per heavy atom. The van der Waals surface area contributed by atoms with Crippen LogP contribution in [0.3, 0.4) is 0 Å². The van der Waals surface area contributed by atoms with Gasteiger partial charge in [0.2, 0.25) is 5.91 Å². The van der Waals surface area contributed by atoms with Gasteiger partial charge < -0.3 is 10.4 Å². The third-order valence-corrected chi connectivity index (χ3v) is 3.56. The summed E-state index contributed by atoms with van der Waals surface area (Å²) in [6, 6.07) is 9.04. The molecule has 0 aromatic heterocycles. The Morgan fingerprint density at radius 3 is 2.16 bits per heavy atom. The van der Waals surface area contributed by atoms with Crippen molar-refractivity contribution in [2.75, 3.05) is 0 Å². The molecule has 0 bridgehead atoms. The van der Waals surface area contributed by atoms with Crippen molar-refractivity contribution in [2.24, 2.45) is 5.92 Å². The number of benzene rings is 1. The largest absolute Gasteiger partial charge is 0.481 e. The average Bonchev–Trinajstić information content (AvgIpc) is 2.38. The standard InChI is InChI=1S/C15H21NO3/c1-10(13(17)18)11(2)16-14(19)15(3,4)12-8-6-5-7-9-12/h5-11H,1-4H3,(H,16,19)(H,17,18). The van der Waals surface area contributed by atoms with Gasteiger partial charge in [-0.15, -0.1) is 0 Å². The molecule has 1 amide bonds. The number of carbonyl (C=O) groups is 2. The molecule has 1 rings (SSSR count). The summed E-state index contributed by atoms with van der Waals surface area (Å²) in [4.78, 5) is 23.2. The lowest BCUT2D eigenvalue weighted by Gasteiger charge is -2.27. The fraction of sp³-hybridized carbons (Fsp3) is 0.467. The van der Waals surface area contributed by atoms with Crippen LogP contribution in [0.2, 0.25) is 0 Å². The summed E-state index contributed by atoms with van der Waals surface area (Å²) < 4.78 is 0. The minimum absolute atomic E-state index is 0.167. The van der Waals surface area contributed by atoms with E-state index in [0.717, 1.165) is 5.56 Å². The van der Waals surface area contributed by atoms with E-state index in [1.54, 1.807) is 13.8 Å². The summed E-state index contributed by atoms with van der Waals surface area (Å²) in [5.41, 5.74) is 0.218. The van der Waals surface area contributed by atoms with Gasteiger partial charge in [0.05, 0.1) is 11.3 Å². The van der Waals surface area contributed by atoms with Gasteiger partial charge in [-0.1, -0.05) is 30.3 Å². The molecule has 4 heteroatoms. The van der Waals surface area contributed by atoms with Gasteiger partial charge in [0.25, 0.3) is 0 Å². The van der Waals surface area contributed by atoms with E-state index in [0.29, 0.717) is 0 Å². The molecule has 4 nitrogen and oxygen atoms in total. The molecule has 0 aliphatic rings. The van der Waals surface area contributed by atoms with Crippen LogP contribution >= 0.6 is 0 Å². The van der Waals surface area contributed by atoms with Crippen LogP contribution in [0.4, 0.5) is 0 Å². The van der Waals surface area contributed by atoms with Crippen molar-refractivity contribution < 1.29 is 14.7 Å². The van der Waals surface area contributed by atoms with Crippen LogP contribution < -0.4 is 5.32 Å². The normalized spacial score (nSPS) is 14.5. The molecular formula is C15H21NO3. The van der Waals surface area contributed by atoms with Gasteiger partial charge in [0, 0.05) is 6.04 Å². The Labute approximate surface area is 113 Å². The molecule has 0 aliphatic heterocycles. The van der Waals surface area contributed by atoms with E-state index in [4.69, 9.17) is 5.11 Å². The van der Waals surface area contributed by atoms with Crippen LogP contribution in [-0.2, 0) is 15.0 Å². The fourth-order valence-electron chi connectivity index (χ4n) is 1.71. The second kappa shape index (κ2) is 5.87. The van der Waals surface area contributed by atoms with Gasteiger partial charge in [-0.25, -0.2) is 0 Å². The van der Waals surface area contributed by atoms with E-state index in [-0.39, 0.29) is 5.91 Å². The molecular weight excluding hydrogens is 242 g/mol. The maximum atomic E-state index is 12.3. The number of carboxylic acid groups (broad SMARTS) is 1. The topological polar surface area (TPSA) is 66.4 Å². The predicted molar refractivity (Wildman–Crippen MR) is 73.9 cm³/mol. The third-order valence-electron chi connectivity index (χ3n) is 3.56. The SMILES string of the molecule is CC(NC(=O)C(C)(C)c1ccccc1)C(C)C(=O)O. The summed E-state index contributed by atoms with van der Waals surface area (Å²) >= 11 is 0. The predicted octanol–water partition coefficient (Wildman–Crippen LogP) is 2.19. The van der Waals surface area contributed by atoms with E-state index < -0.39 is 23.3 Å². The lowest BCUT2D eigenvalue weighted by molar-refractivity contribution is -0.142. The van der Waals surface area contributed by atoms with E-state index in [9.17, 15) is 9.59 Å².